The van der Waals surface area contributed by atoms with Gasteiger partial charge >= 0.3 is 0 Å². The minimum atomic E-state index is -3.69. The summed E-state index contributed by atoms with van der Waals surface area (Å²) >= 11 is 0. The summed E-state index contributed by atoms with van der Waals surface area (Å²) in [4.78, 5) is 0.279. The molecule has 124 valence electrons. The summed E-state index contributed by atoms with van der Waals surface area (Å²) in [6.45, 7) is 7.62. The molecule has 7 heteroatoms. The van der Waals surface area contributed by atoms with Crippen LogP contribution in [-0.4, -0.2) is 45.2 Å². The third-order valence-corrected chi connectivity index (χ3v) is 8.23. The normalized spacial score (nSPS) is 21.4. The van der Waals surface area contributed by atoms with E-state index in [-0.39, 0.29) is 22.9 Å². The van der Waals surface area contributed by atoms with Gasteiger partial charge in [0.25, 0.3) is 0 Å². The summed E-state index contributed by atoms with van der Waals surface area (Å²) in [7, 11) is -6.81. The van der Waals surface area contributed by atoms with Crippen LogP contribution >= 0.6 is 0 Å². The summed E-state index contributed by atoms with van der Waals surface area (Å²) < 4.78 is 50.6. The van der Waals surface area contributed by atoms with Crippen molar-refractivity contribution in [1.82, 2.24) is 4.31 Å². The van der Waals surface area contributed by atoms with Crippen molar-refractivity contribution >= 4 is 19.9 Å². The molecule has 1 heterocycles. The smallest absolute Gasteiger partial charge is 0.229 e. The lowest BCUT2D eigenvalue weighted by atomic mass is 10.1. The number of rotatable bonds is 4. The van der Waals surface area contributed by atoms with Gasteiger partial charge in [-0.15, -0.1) is 0 Å². The molecule has 22 heavy (non-hydrogen) atoms. The highest BCUT2D eigenvalue weighted by molar-refractivity contribution is 7.92. The predicted molar refractivity (Wildman–Crippen MR) is 87.3 cm³/mol. The molecule has 1 atom stereocenters. The van der Waals surface area contributed by atoms with Gasteiger partial charge in [-0.1, -0.05) is 13.0 Å². The van der Waals surface area contributed by atoms with Crippen molar-refractivity contribution in [3.63, 3.8) is 0 Å². The first-order valence-electron chi connectivity index (χ1n) is 7.38. The lowest BCUT2D eigenvalue weighted by molar-refractivity contribution is 0.354. The molecule has 1 saturated heterocycles. The second-order valence-electron chi connectivity index (χ2n) is 5.97. The van der Waals surface area contributed by atoms with Crippen LogP contribution < -0.4 is 0 Å². The average Bonchev–Trinajstić information content (AvgIpc) is 2.74. The number of hydrogen-bond donors (Lipinski definition) is 0. The molecule has 0 aromatic heterocycles. The highest BCUT2D eigenvalue weighted by Crippen LogP contribution is 2.28. The number of nitrogens with zero attached hydrogens (tertiary/aromatic N) is 1. The summed E-state index contributed by atoms with van der Waals surface area (Å²) in [5, 5.41) is 0. The number of sulfone groups is 1. The van der Waals surface area contributed by atoms with E-state index in [0.717, 1.165) is 11.1 Å². The molecule has 5 nitrogen and oxygen atoms in total. The summed E-state index contributed by atoms with van der Waals surface area (Å²) in [6.07, 6.45) is 0.374. The number of sulfonamides is 1. The Labute approximate surface area is 133 Å². The van der Waals surface area contributed by atoms with Crippen LogP contribution in [0.2, 0.25) is 0 Å². The van der Waals surface area contributed by atoms with Gasteiger partial charge < -0.3 is 0 Å². The van der Waals surface area contributed by atoms with Crippen molar-refractivity contribution in [2.24, 2.45) is 0 Å². The minimum Gasteiger partial charge on any atom is -0.229 e. The lowest BCUT2D eigenvalue weighted by Gasteiger charge is -2.27. The van der Waals surface area contributed by atoms with Crippen molar-refractivity contribution in [3.05, 3.63) is 28.8 Å². The fourth-order valence-electron chi connectivity index (χ4n) is 2.97. The maximum absolute atomic E-state index is 13.0. The van der Waals surface area contributed by atoms with E-state index >= 15 is 0 Å². The van der Waals surface area contributed by atoms with Crippen molar-refractivity contribution in [2.75, 3.05) is 18.1 Å². The molecule has 1 aromatic carbocycles. The molecule has 0 unspecified atom stereocenters. The molecule has 0 radical (unpaired) electrons. The van der Waals surface area contributed by atoms with E-state index in [9.17, 15) is 16.8 Å². The van der Waals surface area contributed by atoms with Gasteiger partial charge in [0.1, 0.15) is 0 Å². The molecule has 2 rings (SSSR count). The van der Waals surface area contributed by atoms with Crippen LogP contribution in [0.5, 0.6) is 0 Å². The highest BCUT2D eigenvalue weighted by atomic mass is 32.2. The quantitative estimate of drug-likeness (QED) is 0.834. The van der Waals surface area contributed by atoms with E-state index < -0.39 is 25.9 Å². The van der Waals surface area contributed by atoms with Gasteiger partial charge in [-0.3, -0.25) is 0 Å². The Hall–Kier alpha value is -0.920. The van der Waals surface area contributed by atoms with Crippen LogP contribution in [0, 0.1) is 20.8 Å². The van der Waals surface area contributed by atoms with Crippen molar-refractivity contribution < 1.29 is 16.8 Å². The summed E-state index contributed by atoms with van der Waals surface area (Å²) in [5.41, 5.74) is 2.66. The monoisotopic (exact) mass is 345 g/mol. The van der Waals surface area contributed by atoms with Crippen LogP contribution in [0.3, 0.4) is 0 Å². The molecular weight excluding hydrogens is 322 g/mol. The van der Waals surface area contributed by atoms with Gasteiger partial charge in [0.05, 0.1) is 16.4 Å². The lowest BCUT2D eigenvalue weighted by Crippen LogP contribution is -2.41. The molecule has 1 aromatic rings. The largest absolute Gasteiger partial charge is 0.243 e. The van der Waals surface area contributed by atoms with E-state index in [1.54, 1.807) is 19.9 Å². The third-order valence-electron chi connectivity index (χ3n) is 4.31. The molecule has 0 bridgehead atoms. The summed E-state index contributed by atoms with van der Waals surface area (Å²) in [5.74, 6) is -0.0143. The zero-order valence-corrected chi connectivity index (χ0v) is 15.1. The molecule has 1 aliphatic heterocycles. The number of hydrogen-bond acceptors (Lipinski definition) is 4. The standard InChI is InChI=1S/C15H23NO4S2/c1-5-16(14-6-7-21(17,18)10-14)22(19,20)15-9-12(3)11(2)8-13(15)4/h8-9,14H,5-7,10H2,1-4H3/t14-/m1/s1. The van der Waals surface area contributed by atoms with Crippen molar-refractivity contribution in [3.8, 4) is 0 Å². The SMILES string of the molecule is CCN([C@@H]1CCS(=O)(=O)C1)S(=O)(=O)c1cc(C)c(C)cc1C. The van der Waals surface area contributed by atoms with Crippen LogP contribution in [0.25, 0.3) is 0 Å². The molecule has 0 spiro atoms. The Bertz CT molecular complexity index is 782. The van der Waals surface area contributed by atoms with Gasteiger partial charge in [-0.05, 0) is 49.9 Å². The van der Waals surface area contributed by atoms with Crippen LogP contribution in [0.1, 0.15) is 30.0 Å². The molecule has 0 amide bonds. The van der Waals surface area contributed by atoms with Gasteiger partial charge in [0, 0.05) is 12.6 Å². The zero-order valence-electron chi connectivity index (χ0n) is 13.5. The number of benzene rings is 1. The molecular formula is C15H23NO4S2. The topological polar surface area (TPSA) is 71.5 Å². The number of aryl methyl sites for hydroxylation is 3. The van der Waals surface area contributed by atoms with E-state index in [1.807, 2.05) is 19.9 Å². The highest BCUT2D eigenvalue weighted by Gasteiger charge is 2.38. The van der Waals surface area contributed by atoms with Gasteiger partial charge in [0.15, 0.2) is 9.84 Å². The molecule has 1 fully saturated rings. The molecule has 0 N–H and O–H groups in total. The van der Waals surface area contributed by atoms with Crippen molar-refractivity contribution in [1.29, 1.82) is 0 Å². The van der Waals surface area contributed by atoms with Crippen LogP contribution in [-0.2, 0) is 19.9 Å². The van der Waals surface area contributed by atoms with Gasteiger partial charge in [-0.2, -0.15) is 4.31 Å². The van der Waals surface area contributed by atoms with E-state index in [1.165, 1.54) is 4.31 Å². The minimum absolute atomic E-state index is 0.0651. The van der Waals surface area contributed by atoms with E-state index in [4.69, 9.17) is 0 Å². The second kappa shape index (κ2) is 5.94. The Morgan fingerprint density at radius 3 is 2.23 bits per heavy atom. The Balaban J connectivity index is 2.46. The average molecular weight is 345 g/mol. The Kier molecular flexibility index (Phi) is 4.71. The van der Waals surface area contributed by atoms with Crippen LogP contribution in [0.4, 0.5) is 0 Å². The maximum atomic E-state index is 13.0. The maximum Gasteiger partial charge on any atom is 0.243 e. The fourth-order valence-corrected chi connectivity index (χ4v) is 6.75. The van der Waals surface area contributed by atoms with Gasteiger partial charge in [-0.25, -0.2) is 16.8 Å². The first kappa shape index (κ1) is 17.4. The third kappa shape index (κ3) is 3.21. The first-order valence-corrected chi connectivity index (χ1v) is 10.6. The van der Waals surface area contributed by atoms with E-state index in [2.05, 4.69) is 0 Å². The Morgan fingerprint density at radius 1 is 1.14 bits per heavy atom. The van der Waals surface area contributed by atoms with Crippen molar-refractivity contribution in [2.45, 2.75) is 45.1 Å². The zero-order chi connectivity index (χ0) is 16.7. The van der Waals surface area contributed by atoms with E-state index in [0.29, 0.717) is 12.0 Å². The molecule has 1 aliphatic rings. The Morgan fingerprint density at radius 2 is 1.73 bits per heavy atom. The van der Waals surface area contributed by atoms with Crippen LogP contribution in [0.15, 0.2) is 17.0 Å². The predicted octanol–water partition coefficient (Wildman–Crippen LogP) is 1.81. The van der Waals surface area contributed by atoms with Gasteiger partial charge in [0.2, 0.25) is 10.0 Å². The summed E-state index contributed by atoms with van der Waals surface area (Å²) in [6, 6.07) is 3.09. The second-order valence-corrected chi connectivity index (χ2v) is 10.1. The fraction of sp³-hybridized carbons (Fsp3) is 0.600. The first-order chi connectivity index (χ1) is 10.1. The molecule has 0 saturated carbocycles. The molecule has 0 aliphatic carbocycles.